The minimum atomic E-state index is -0.816. The van der Waals surface area contributed by atoms with Crippen LogP contribution in [0.2, 0.25) is 0 Å². The third-order valence-corrected chi connectivity index (χ3v) is 4.56. The highest BCUT2D eigenvalue weighted by atomic mass is 32.1. The van der Waals surface area contributed by atoms with Crippen molar-refractivity contribution in [3.05, 3.63) is 40.4 Å². The number of benzene rings is 1. The first-order chi connectivity index (χ1) is 8.93. The van der Waals surface area contributed by atoms with Gasteiger partial charge in [0.25, 0.3) is 0 Å². The van der Waals surface area contributed by atoms with E-state index < -0.39 is 5.60 Å². The van der Waals surface area contributed by atoms with E-state index in [1.54, 1.807) is 11.3 Å². The van der Waals surface area contributed by atoms with Gasteiger partial charge in [0, 0.05) is 5.56 Å². The van der Waals surface area contributed by atoms with Crippen LogP contribution in [0.3, 0.4) is 0 Å². The monoisotopic (exact) mass is 275 g/mol. The first kappa shape index (κ1) is 14.2. The largest absolute Gasteiger partial charge is 0.385 e. The predicted octanol–water partition coefficient (Wildman–Crippen LogP) is 4.30. The molecule has 0 bridgehead atoms. The van der Waals surface area contributed by atoms with Crippen molar-refractivity contribution in [2.24, 2.45) is 0 Å². The summed E-state index contributed by atoms with van der Waals surface area (Å²) in [7, 11) is 0. The Morgan fingerprint density at radius 3 is 2.53 bits per heavy atom. The van der Waals surface area contributed by atoms with Crippen LogP contribution in [-0.2, 0) is 12.0 Å². The summed E-state index contributed by atoms with van der Waals surface area (Å²) in [6.45, 7) is 7.91. The number of nitrogens with zero attached hydrogens (tertiary/aromatic N) is 1. The van der Waals surface area contributed by atoms with Crippen LogP contribution < -0.4 is 0 Å². The molecule has 0 spiro atoms. The van der Waals surface area contributed by atoms with Crippen molar-refractivity contribution in [3.8, 4) is 10.6 Å². The average Bonchev–Trinajstić information content (AvgIpc) is 2.74. The highest BCUT2D eigenvalue weighted by Gasteiger charge is 2.25. The molecule has 2 nitrogen and oxygen atoms in total. The van der Waals surface area contributed by atoms with Gasteiger partial charge in [-0.3, -0.25) is 0 Å². The van der Waals surface area contributed by atoms with Crippen LogP contribution in [0, 0.1) is 6.92 Å². The molecule has 1 aromatic carbocycles. The molecule has 0 atom stereocenters. The van der Waals surface area contributed by atoms with E-state index in [2.05, 4.69) is 26.0 Å². The van der Waals surface area contributed by atoms with Crippen LogP contribution >= 0.6 is 11.3 Å². The van der Waals surface area contributed by atoms with Crippen molar-refractivity contribution in [1.29, 1.82) is 0 Å². The lowest BCUT2D eigenvalue weighted by Crippen LogP contribution is -2.15. The summed E-state index contributed by atoms with van der Waals surface area (Å²) >= 11 is 1.61. The first-order valence-corrected chi connectivity index (χ1v) is 7.53. The number of hydrogen-bond donors (Lipinski definition) is 1. The highest BCUT2D eigenvalue weighted by molar-refractivity contribution is 7.15. The molecule has 0 saturated heterocycles. The second-order valence-corrected chi connectivity index (χ2v) is 6.42. The van der Waals surface area contributed by atoms with Gasteiger partial charge in [0.15, 0.2) is 0 Å². The van der Waals surface area contributed by atoms with Gasteiger partial charge in [-0.15, -0.1) is 11.3 Å². The molecule has 0 saturated carbocycles. The number of hydrogen-bond acceptors (Lipinski definition) is 3. The van der Waals surface area contributed by atoms with E-state index >= 15 is 0 Å². The molecule has 0 amide bonds. The van der Waals surface area contributed by atoms with E-state index in [0.29, 0.717) is 0 Å². The summed E-state index contributed by atoms with van der Waals surface area (Å²) in [4.78, 5) is 5.75. The average molecular weight is 275 g/mol. The molecule has 1 aromatic heterocycles. The molecule has 0 radical (unpaired) electrons. The normalized spacial score (nSPS) is 11.8. The molecule has 0 aliphatic carbocycles. The molecule has 0 aliphatic rings. The second-order valence-electron chi connectivity index (χ2n) is 5.42. The lowest BCUT2D eigenvalue weighted by molar-refractivity contribution is 0.0813. The molecule has 2 aromatic rings. The predicted molar refractivity (Wildman–Crippen MR) is 81.5 cm³/mol. The lowest BCUT2D eigenvalue weighted by Gasteiger charge is -2.16. The van der Waals surface area contributed by atoms with E-state index in [0.717, 1.165) is 28.4 Å². The first-order valence-electron chi connectivity index (χ1n) is 6.72. The summed E-state index contributed by atoms with van der Waals surface area (Å²) in [5.74, 6) is 0. The molecule has 0 fully saturated rings. The quantitative estimate of drug-likeness (QED) is 0.902. The van der Waals surface area contributed by atoms with Gasteiger partial charge in [-0.1, -0.05) is 37.6 Å². The van der Waals surface area contributed by atoms with Gasteiger partial charge >= 0.3 is 0 Å². The van der Waals surface area contributed by atoms with Gasteiger partial charge in [0.05, 0.1) is 16.2 Å². The summed E-state index contributed by atoms with van der Waals surface area (Å²) in [5, 5.41) is 11.3. The van der Waals surface area contributed by atoms with Crippen molar-refractivity contribution < 1.29 is 5.11 Å². The Hall–Kier alpha value is -1.19. The van der Waals surface area contributed by atoms with Crippen molar-refractivity contribution in [1.82, 2.24) is 4.98 Å². The Kier molecular flexibility index (Phi) is 4.07. The van der Waals surface area contributed by atoms with E-state index in [1.807, 2.05) is 26.0 Å². The second kappa shape index (κ2) is 5.43. The van der Waals surface area contributed by atoms with Crippen molar-refractivity contribution in [2.45, 2.75) is 46.1 Å². The molecule has 1 N–H and O–H groups in total. The van der Waals surface area contributed by atoms with E-state index in [1.165, 1.54) is 11.1 Å². The lowest BCUT2D eigenvalue weighted by atomic mass is 10.0. The molecule has 3 heteroatoms. The minimum Gasteiger partial charge on any atom is -0.385 e. The van der Waals surface area contributed by atoms with Gasteiger partial charge in [0.2, 0.25) is 0 Å². The molecular formula is C16H21NOS. The van der Waals surface area contributed by atoms with Crippen molar-refractivity contribution >= 4 is 11.3 Å². The molecule has 102 valence electrons. The fourth-order valence-corrected chi connectivity index (χ4v) is 3.37. The van der Waals surface area contributed by atoms with Crippen LogP contribution in [0.25, 0.3) is 10.6 Å². The van der Waals surface area contributed by atoms with E-state index in [9.17, 15) is 5.11 Å². The van der Waals surface area contributed by atoms with Crippen LogP contribution in [0.4, 0.5) is 0 Å². The zero-order chi connectivity index (χ0) is 14.0. The zero-order valence-electron chi connectivity index (χ0n) is 12.0. The van der Waals surface area contributed by atoms with Crippen LogP contribution in [0.1, 0.15) is 43.3 Å². The molecule has 0 aliphatic heterocycles. The Bertz CT molecular complexity index is 566. The van der Waals surface area contributed by atoms with Crippen molar-refractivity contribution in [3.63, 3.8) is 0 Å². The standard InChI is InChI=1S/C16H21NOS/c1-5-8-13-14(16(3,4)18)19-15(17-13)12-10-7-6-9-11(12)2/h6-7,9-10,18H,5,8H2,1-4H3. The maximum Gasteiger partial charge on any atom is 0.124 e. The Morgan fingerprint density at radius 2 is 1.95 bits per heavy atom. The summed E-state index contributed by atoms with van der Waals surface area (Å²) in [6, 6.07) is 8.27. The Balaban J connectivity index is 2.52. The summed E-state index contributed by atoms with van der Waals surface area (Å²) in [5.41, 5.74) is 2.61. The fourth-order valence-electron chi connectivity index (χ4n) is 2.16. The van der Waals surface area contributed by atoms with Gasteiger partial charge in [-0.25, -0.2) is 4.98 Å². The van der Waals surface area contributed by atoms with Gasteiger partial charge < -0.3 is 5.11 Å². The maximum absolute atomic E-state index is 10.3. The van der Waals surface area contributed by atoms with E-state index in [4.69, 9.17) is 4.98 Å². The smallest absolute Gasteiger partial charge is 0.124 e. The number of aliphatic hydroxyl groups is 1. The van der Waals surface area contributed by atoms with Gasteiger partial charge in [-0.05, 0) is 32.8 Å². The molecular weight excluding hydrogens is 254 g/mol. The van der Waals surface area contributed by atoms with E-state index in [-0.39, 0.29) is 0 Å². The molecule has 1 heterocycles. The fraction of sp³-hybridized carbons (Fsp3) is 0.438. The number of aryl methyl sites for hydroxylation is 2. The molecule has 19 heavy (non-hydrogen) atoms. The number of rotatable bonds is 4. The Morgan fingerprint density at radius 1 is 1.26 bits per heavy atom. The van der Waals surface area contributed by atoms with Crippen LogP contribution in [0.5, 0.6) is 0 Å². The Labute approximate surface area is 119 Å². The topological polar surface area (TPSA) is 33.1 Å². The summed E-state index contributed by atoms with van der Waals surface area (Å²) in [6.07, 6.45) is 1.96. The van der Waals surface area contributed by atoms with Gasteiger partial charge in [0.1, 0.15) is 5.01 Å². The zero-order valence-corrected chi connectivity index (χ0v) is 12.8. The number of thiazole rings is 1. The van der Waals surface area contributed by atoms with Crippen LogP contribution in [-0.4, -0.2) is 10.1 Å². The third-order valence-electron chi connectivity index (χ3n) is 3.12. The summed E-state index contributed by atoms with van der Waals surface area (Å²) < 4.78 is 0. The molecule has 2 rings (SSSR count). The SMILES string of the molecule is CCCc1nc(-c2ccccc2C)sc1C(C)(C)O. The highest BCUT2D eigenvalue weighted by Crippen LogP contribution is 2.36. The maximum atomic E-state index is 10.3. The number of aromatic nitrogens is 1. The molecule has 0 unspecified atom stereocenters. The van der Waals surface area contributed by atoms with Gasteiger partial charge in [-0.2, -0.15) is 0 Å². The van der Waals surface area contributed by atoms with Crippen LogP contribution in [0.15, 0.2) is 24.3 Å². The van der Waals surface area contributed by atoms with Crippen molar-refractivity contribution in [2.75, 3.05) is 0 Å². The minimum absolute atomic E-state index is 0.816. The third kappa shape index (κ3) is 3.04.